The van der Waals surface area contributed by atoms with Crippen LogP contribution in [0.3, 0.4) is 0 Å². The fourth-order valence-electron chi connectivity index (χ4n) is 2.54. The number of carbonyl (C=O) groups is 1. The number of hydrogen-bond acceptors (Lipinski definition) is 4. The maximum atomic E-state index is 11.9. The van der Waals surface area contributed by atoms with Gasteiger partial charge >= 0.3 is 0 Å². The number of pyridine rings is 1. The molecule has 0 aliphatic rings. The molecule has 26 heavy (non-hydrogen) atoms. The molecule has 8 heteroatoms. The molecule has 7 nitrogen and oxygen atoms in total. The van der Waals surface area contributed by atoms with E-state index in [0.29, 0.717) is 5.69 Å². The van der Waals surface area contributed by atoms with Crippen molar-refractivity contribution >= 4 is 27.3 Å². The minimum absolute atomic E-state index is 0.230. The zero-order valence-electron chi connectivity index (χ0n) is 14.8. The van der Waals surface area contributed by atoms with E-state index in [9.17, 15) is 13.2 Å². The summed E-state index contributed by atoms with van der Waals surface area (Å²) < 4.78 is 25.7. The molecule has 0 spiro atoms. The fourth-order valence-corrected chi connectivity index (χ4v) is 2.89. The lowest BCUT2D eigenvalue weighted by Gasteiger charge is -2.13. The highest BCUT2D eigenvalue weighted by Gasteiger charge is 2.15. The minimum atomic E-state index is -3.39. The number of hydrogen-bond donors (Lipinski definition) is 1. The number of sulfonamides is 1. The minimum Gasteiger partial charge on any atom is -0.325 e. The summed E-state index contributed by atoms with van der Waals surface area (Å²) in [5, 5.41) is 2.69. The van der Waals surface area contributed by atoms with E-state index in [1.54, 1.807) is 12.1 Å². The van der Waals surface area contributed by atoms with E-state index in [2.05, 4.69) is 10.3 Å². The van der Waals surface area contributed by atoms with E-state index in [1.807, 2.05) is 48.0 Å². The van der Waals surface area contributed by atoms with Crippen LogP contribution in [0.15, 0.2) is 48.8 Å². The van der Waals surface area contributed by atoms with Crippen molar-refractivity contribution < 1.29 is 13.2 Å². The predicted octanol–water partition coefficient (Wildman–Crippen LogP) is 2.14. The second-order valence-electron chi connectivity index (χ2n) is 6.19. The van der Waals surface area contributed by atoms with E-state index >= 15 is 0 Å². The average Bonchev–Trinajstić information content (AvgIpc) is 3.00. The molecule has 3 rings (SSSR count). The van der Waals surface area contributed by atoms with Crippen LogP contribution in [-0.4, -0.2) is 47.9 Å². The van der Waals surface area contributed by atoms with Crippen LogP contribution in [0.2, 0.25) is 0 Å². The van der Waals surface area contributed by atoms with Crippen LogP contribution in [0.25, 0.3) is 16.9 Å². The van der Waals surface area contributed by atoms with Crippen molar-refractivity contribution in [2.75, 3.05) is 25.2 Å². The molecule has 0 unspecified atom stereocenters. The number of amides is 1. The molecule has 1 aromatic carbocycles. The third-order valence-corrected chi connectivity index (χ3v) is 5.34. The molecular weight excluding hydrogens is 352 g/mol. The van der Waals surface area contributed by atoms with Crippen molar-refractivity contribution in [1.29, 1.82) is 0 Å². The number of fused-ring (bicyclic) bond motifs is 1. The van der Waals surface area contributed by atoms with Gasteiger partial charge in [0.05, 0.1) is 18.5 Å². The Balaban J connectivity index is 1.74. The van der Waals surface area contributed by atoms with Crippen LogP contribution in [0, 0.1) is 6.92 Å². The van der Waals surface area contributed by atoms with Gasteiger partial charge in [-0.25, -0.2) is 13.4 Å². The number of carbonyl (C=O) groups excluding carboxylic acids is 1. The molecule has 3 aromatic rings. The van der Waals surface area contributed by atoms with Gasteiger partial charge in [0.25, 0.3) is 0 Å². The molecule has 0 fully saturated rings. The summed E-state index contributed by atoms with van der Waals surface area (Å²) in [7, 11) is -2.02. The molecule has 0 aliphatic heterocycles. The highest BCUT2D eigenvalue weighted by atomic mass is 32.2. The van der Waals surface area contributed by atoms with Crippen molar-refractivity contribution in [2.45, 2.75) is 6.92 Å². The Bertz CT molecular complexity index is 1060. The first-order valence-corrected chi connectivity index (χ1v) is 9.85. The summed E-state index contributed by atoms with van der Waals surface area (Å²) in [5.74, 6) is -0.394. The second-order valence-corrected chi connectivity index (χ2v) is 8.28. The monoisotopic (exact) mass is 372 g/mol. The second kappa shape index (κ2) is 6.89. The SMILES string of the molecule is Cc1cccn2cc(-c3ccc(NC(=O)CN(C)S(C)(=O)=O)cc3)nc12. The first-order chi connectivity index (χ1) is 12.2. The Hall–Kier alpha value is -2.71. The molecule has 0 saturated carbocycles. The first kappa shape index (κ1) is 18.1. The highest BCUT2D eigenvalue weighted by molar-refractivity contribution is 7.88. The first-order valence-electron chi connectivity index (χ1n) is 8.00. The van der Waals surface area contributed by atoms with Gasteiger partial charge in [0.2, 0.25) is 15.9 Å². The number of aryl methyl sites for hydroxylation is 1. The van der Waals surface area contributed by atoms with Crippen molar-refractivity contribution in [2.24, 2.45) is 0 Å². The summed E-state index contributed by atoms with van der Waals surface area (Å²) in [5.41, 5.74) is 4.37. The molecule has 1 N–H and O–H groups in total. The molecule has 136 valence electrons. The molecule has 0 saturated heterocycles. The van der Waals surface area contributed by atoms with Gasteiger partial charge in [-0.2, -0.15) is 4.31 Å². The third-order valence-electron chi connectivity index (χ3n) is 4.07. The van der Waals surface area contributed by atoms with E-state index < -0.39 is 15.9 Å². The van der Waals surface area contributed by atoms with Crippen LogP contribution in [-0.2, 0) is 14.8 Å². The number of anilines is 1. The summed E-state index contributed by atoms with van der Waals surface area (Å²) in [6, 6.07) is 11.3. The Morgan fingerprint density at radius 3 is 2.54 bits per heavy atom. The number of nitrogens with one attached hydrogen (secondary N) is 1. The van der Waals surface area contributed by atoms with Gasteiger partial charge < -0.3 is 9.72 Å². The van der Waals surface area contributed by atoms with E-state index in [0.717, 1.165) is 33.0 Å². The molecule has 0 radical (unpaired) electrons. The Morgan fingerprint density at radius 1 is 1.23 bits per heavy atom. The molecule has 1 amide bonds. The number of benzene rings is 1. The Kier molecular flexibility index (Phi) is 4.80. The lowest BCUT2D eigenvalue weighted by Crippen LogP contribution is -2.34. The van der Waals surface area contributed by atoms with E-state index in [1.165, 1.54) is 7.05 Å². The van der Waals surface area contributed by atoms with Crippen LogP contribution in [0.5, 0.6) is 0 Å². The maximum absolute atomic E-state index is 11.9. The Morgan fingerprint density at radius 2 is 1.92 bits per heavy atom. The zero-order chi connectivity index (χ0) is 18.9. The van der Waals surface area contributed by atoms with E-state index in [4.69, 9.17) is 0 Å². The van der Waals surface area contributed by atoms with Gasteiger partial charge in [-0.1, -0.05) is 18.2 Å². The van der Waals surface area contributed by atoms with Crippen molar-refractivity contribution in [1.82, 2.24) is 13.7 Å². The average molecular weight is 372 g/mol. The van der Waals surface area contributed by atoms with Gasteiger partial charge in [0, 0.05) is 30.7 Å². The summed E-state index contributed by atoms with van der Waals surface area (Å²) in [6.45, 7) is 1.78. The van der Waals surface area contributed by atoms with Crippen molar-refractivity contribution in [3.8, 4) is 11.3 Å². The van der Waals surface area contributed by atoms with Crippen LogP contribution in [0.4, 0.5) is 5.69 Å². The summed E-state index contributed by atoms with van der Waals surface area (Å²) in [6.07, 6.45) is 4.97. The smallest absolute Gasteiger partial charge is 0.239 e. The molecule has 2 aromatic heterocycles. The van der Waals surface area contributed by atoms with E-state index in [-0.39, 0.29) is 6.54 Å². The molecule has 0 aliphatic carbocycles. The lowest BCUT2D eigenvalue weighted by atomic mass is 10.1. The third kappa shape index (κ3) is 3.92. The van der Waals surface area contributed by atoms with Gasteiger partial charge in [-0.3, -0.25) is 4.79 Å². The largest absolute Gasteiger partial charge is 0.325 e. The number of likely N-dealkylation sites (N-methyl/N-ethyl adjacent to an activating group) is 1. The topological polar surface area (TPSA) is 83.8 Å². The number of rotatable bonds is 5. The quantitative estimate of drug-likeness (QED) is 0.744. The highest BCUT2D eigenvalue weighted by Crippen LogP contribution is 2.22. The summed E-state index contributed by atoms with van der Waals surface area (Å²) in [4.78, 5) is 16.6. The predicted molar refractivity (Wildman–Crippen MR) is 101 cm³/mol. The number of nitrogens with zero attached hydrogens (tertiary/aromatic N) is 3. The summed E-state index contributed by atoms with van der Waals surface area (Å²) >= 11 is 0. The number of aromatic nitrogens is 2. The van der Waals surface area contributed by atoms with Crippen molar-refractivity contribution in [3.63, 3.8) is 0 Å². The van der Waals surface area contributed by atoms with Crippen LogP contribution >= 0.6 is 0 Å². The van der Waals surface area contributed by atoms with Crippen molar-refractivity contribution in [3.05, 3.63) is 54.4 Å². The fraction of sp³-hybridized carbons (Fsp3) is 0.222. The van der Waals surface area contributed by atoms with Crippen LogP contribution in [0.1, 0.15) is 5.56 Å². The molecular formula is C18H20N4O3S. The van der Waals surface area contributed by atoms with Gasteiger partial charge in [-0.15, -0.1) is 0 Å². The normalized spacial score (nSPS) is 11.8. The Labute approximate surface area is 152 Å². The lowest BCUT2D eigenvalue weighted by molar-refractivity contribution is -0.116. The van der Waals surface area contributed by atoms with Gasteiger partial charge in [0.1, 0.15) is 5.65 Å². The molecule has 0 atom stereocenters. The van der Waals surface area contributed by atoms with Gasteiger partial charge in [0.15, 0.2) is 0 Å². The standard InChI is InChI=1S/C18H20N4O3S/c1-13-5-4-10-22-11-16(20-18(13)22)14-6-8-15(9-7-14)19-17(23)12-21(2)26(3,24)25/h4-11H,12H2,1-3H3,(H,19,23). The zero-order valence-corrected chi connectivity index (χ0v) is 15.6. The molecule has 2 heterocycles. The number of imidazole rings is 1. The van der Waals surface area contributed by atoms with Crippen LogP contribution < -0.4 is 5.32 Å². The molecule has 0 bridgehead atoms. The maximum Gasteiger partial charge on any atom is 0.239 e. The van der Waals surface area contributed by atoms with Gasteiger partial charge in [-0.05, 0) is 30.7 Å².